The number of hydrogen-bond donors (Lipinski definition) is 2. The standard InChI is InChI=1S/C8H12N2O2S2.ClH/c1-3-12-7(11)6-4(9)5(10)8(13-2)14-6;/h3,9-10H2,1-2H3;1H. The molecule has 0 aliphatic carbocycles. The van der Waals surface area contributed by atoms with E-state index in [1.165, 1.54) is 23.1 Å². The molecule has 86 valence electrons. The predicted molar refractivity (Wildman–Crippen MR) is 68.1 cm³/mol. The zero-order valence-corrected chi connectivity index (χ0v) is 10.9. The Hall–Kier alpha value is -0.590. The normalized spacial score (nSPS) is 9.47. The van der Waals surface area contributed by atoms with Crippen molar-refractivity contribution in [2.45, 2.75) is 11.1 Å². The van der Waals surface area contributed by atoms with Crippen LogP contribution in [0.1, 0.15) is 16.6 Å². The first kappa shape index (κ1) is 14.4. The van der Waals surface area contributed by atoms with Crippen molar-refractivity contribution >= 4 is 52.8 Å². The van der Waals surface area contributed by atoms with E-state index >= 15 is 0 Å². The van der Waals surface area contributed by atoms with Crippen LogP contribution in [-0.4, -0.2) is 18.8 Å². The largest absolute Gasteiger partial charge is 0.462 e. The lowest BCUT2D eigenvalue weighted by atomic mass is 10.3. The first-order valence-electron chi connectivity index (χ1n) is 4.00. The topological polar surface area (TPSA) is 78.3 Å². The maximum atomic E-state index is 11.4. The van der Waals surface area contributed by atoms with Crippen LogP contribution in [0.15, 0.2) is 4.21 Å². The SMILES string of the molecule is CCOC(=O)c1sc(SC)c(N)c1N.Cl. The van der Waals surface area contributed by atoms with E-state index in [4.69, 9.17) is 16.2 Å². The van der Waals surface area contributed by atoms with E-state index in [0.29, 0.717) is 22.9 Å². The lowest BCUT2D eigenvalue weighted by molar-refractivity contribution is 0.0533. The van der Waals surface area contributed by atoms with Gasteiger partial charge >= 0.3 is 5.97 Å². The fraction of sp³-hybridized carbons (Fsp3) is 0.375. The Bertz CT molecular complexity index is 355. The third-order valence-electron chi connectivity index (χ3n) is 1.60. The molecule has 15 heavy (non-hydrogen) atoms. The van der Waals surface area contributed by atoms with Gasteiger partial charge in [-0.1, -0.05) is 0 Å². The van der Waals surface area contributed by atoms with Crippen LogP contribution < -0.4 is 11.5 Å². The van der Waals surface area contributed by atoms with E-state index in [9.17, 15) is 4.79 Å². The number of rotatable bonds is 3. The van der Waals surface area contributed by atoms with Crippen LogP contribution in [0.3, 0.4) is 0 Å². The van der Waals surface area contributed by atoms with Crippen LogP contribution in [-0.2, 0) is 4.74 Å². The zero-order valence-electron chi connectivity index (χ0n) is 8.40. The Morgan fingerprint density at radius 3 is 2.47 bits per heavy atom. The summed E-state index contributed by atoms with van der Waals surface area (Å²) in [6, 6.07) is 0. The monoisotopic (exact) mass is 268 g/mol. The second-order valence-electron chi connectivity index (χ2n) is 2.47. The van der Waals surface area contributed by atoms with Gasteiger partial charge in [-0.15, -0.1) is 35.5 Å². The van der Waals surface area contributed by atoms with E-state index in [2.05, 4.69) is 0 Å². The Balaban J connectivity index is 0.00000196. The first-order valence-corrected chi connectivity index (χ1v) is 6.04. The summed E-state index contributed by atoms with van der Waals surface area (Å²) in [4.78, 5) is 11.8. The van der Waals surface area contributed by atoms with Crippen molar-refractivity contribution in [3.05, 3.63) is 4.88 Å². The molecule has 0 fully saturated rings. The van der Waals surface area contributed by atoms with Crippen LogP contribution in [0, 0.1) is 0 Å². The van der Waals surface area contributed by atoms with Gasteiger partial charge < -0.3 is 16.2 Å². The molecule has 0 radical (unpaired) electrons. The number of hydrogen-bond acceptors (Lipinski definition) is 6. The summed E-state index contributed by atoms with van der Waals surface area (Å²) < 4.78 is 5.70. The molecule has 0 unspecified atom stereocenters. The van der Waals surface area contributed by atoms with Gasteiger partial charge in [-0.3, -0.25) is 0 Å². The molecule has 4 nitrogen and oxygen atoms in total. The van der Waals surface area contributed by atoms with Gasteiger partial charge in [0, 0.05) is 0 Å². The second-order valence-corrected chi connectivity index (χ2v) is 4.57. The molecule has 0 spiro atoms. The summed E-state index contributed by atoms with van der Waals surface area (Å²) in [6.07, 6.45) is 1.89. The number of esters is 1. The number of carbonyl (C=O) groups is 1. The summed E-state index contributed by atoms with van der Waals surface area (Å²) >= 11 is 2.74. The molecule has 0 aromatic carbocycles. The molecule has 0 aliphatic rings. The van der Waals surface area contributed by atoms with Gasteiger partial charge in [0.05, 0.1) is 22.2 Å². The third-order valence-corrected chi connectivity index (χ3v) is 3.93. The zero-order chi connectivity index (χ0) is 10.7. The maximum Gasteiger partial charge on any atom is 0.350 e. The Kier molecular flexibility index (Phi) is 5.85. The molecule has 0 saturated carbocycles. The predicted octanol–water partition coefficient (Wildman–Crippen LogP) is 2.23. The average molecular weight is 269 g/mol. The molecule has 0 saturated heterocycles. The molecule has 1 aromatic rings. The minimum Gasteiger partial charge on any atom is -0.462 e. The summed E-state index contributed by atoms with van der Waals surface area (Å²) in [5.74, 6) is -0.401. The Morgan fingerprint density at radius 1 is 1.47 bits per heavy atom. The average Bonchev–Trinajstić information content (AvgIpc) is 2.44. The number of thiophene rings is 1. The maximum absolute atomic E-state index is 11.4. The number of halogens is 1. The van der Waals surface area contributed by atoms with Crippen LogP contribution in [0.5, 0.6) is 0 Å². The molecule has 4 N–H and O–H groups in total. The highest BCUT2D eigenvalue weighted by atomic mass is 35.5. The molecule has 7 heteroatoms. The van der Waals surface area contributed by atoms with E-state index in [-0.39, 0.29) is 12.4 Å². The van der Waals surface area contributed by atoms with E-state index in [1.807, 2.05) is 6.26 Å². The van der Waals surface area contributed by atoms with Crippen molar-refractivity contribution in [2.75, 3.05) is 24.3 Å². The van der Waals surface area contributed by atoms with Crippen LogP contribution in [0.4, 0.5) is 11.4 Å². The number of thioether (sulfide) groups is 1. The number of nitrogens with two attached hydrogens (primary N) is 2. The quantitative estimate of drug-likeness (QED) is 0.649. The van der Waals surface area contributed by atoms with Gasteiger partial charge in [0.1, 0.15) is 4.88 Å². The third kappa shape index (κ3) is 2.93. The molecule has 0 atom stereocenters. The van der Waals surface area contributed by atoms with Crippen molar-refractivity contribution in [2.24, 2.45) is 0 Å². The van der Waals surface area contributed by atoms with Crippen molar-refractivity contribution < 1.29 is 9.53 Å². The highest BCUT2D eigenvalue weighted by Crippen LogP contribution is 2.39. The highest BCUT2D eigenvalue weighted by molar-refractivity contribution is 8.00. The van der Waals surface area contributed by atoms with Crippen LogP contribution in [0.25, 0.3) is 0 Å². The van der Waals surface area contributed by atoms with Crippen molar-refractivity contribution in [3.8, 4) is 0 Å². The molecular formula is C8H13ClN2O2S2. The summed E-state index contributed by atoms with van der Waals surface area (Å²) in [5.41, 5.74) is 12.2. The second kappa shape index (κ2) is 6.09. The number of carbonyl (C=O) groups excluding carboxylic acids is 1. The molecular weight excluding hydrogens is 256 g/mol. The lowest BCUT2D eigenvalue weighted by Crippen LogP contribution is -2.05. The molecule has 0 bridgehead atoms. The lowest BCUT2D eigenvalue weighted by Gasteiger charge is -1.99. The van der Waals surface area contributed by atoms with Gasteiger partial charge in [0.25, 0.3) is 0 Å². The van der Waals surface area contributed by atoms with Gasteiger partial charge in [-0.05, 0) is 13.2 Å². The summed E-state index contributed by atoms with van der Waals surface area (Å²) in [7, 11) is 0. The molecule has 0 amide bonds. The Labute approximate surface area is 103 Å². The van der Waals surface area contributed by atoms with E-state index in [0.717, 1.165) is 4.21 Å². The van der Waals surface area contributed by atoms with Crippen molar-refractivity contribution in [1.29, 1.82) is 0 Å². The van der Waals surface area contributed by atoms with Gasteiger partial charge in [-0.2, -0.15) is 0 Å². The fourth-order valence-corrected chi connectivity index (χ4v) is 2.62. The first-order chi connectivity index (χ1) is 6.61. The van der Waals surface area contributed by atoms with E-state index < -0.39 is 5.97 Å². The molecule has 1 heterocycles. The van der Waals surface area contributed by atoms with Crippen LogP contribution in [0.2, 0.25) is 0 Å². The molecule has 1 rings (SSSR count). The van der Waals surface area contributed by atoms with Crippen molar-refractivity contribution in [1.82, 2.24) is 0 Å². The van der Waals surface area contributed by atoms with Gasteiger partial charge in [-0.25, -0.2) is 4.79 Å². The summed E-state index contributed by atoms with van der Waals surface area (Å²) in [6.45, 7) is 2.09. The highest BCUT2D eigenvalue weighted by Gasteiger charge is 2.19. The smallest absolute Gasteiger partial charge is 0.350 e. The number of ether oxygens (including phenoxy) is 1. The van der Waals surface area contributed by atoms with Crippen LogP contribution >= 0.6 is 35.5 Å². The van der Waals surface area contributed by atoms with E-state index in [1.54, 1.807) is 6.92 Å². The molecule has 0 aliphatic heterocycles. The number of anilines is 2. The molecule has 1 aromatic heterocycles. The Morgan fingerprint density at radius 2 is 2.07 bits per heavy atom. The minimum atomic E-state index is -0.401. The fourth-order valence-electron chi connectivity index (χ4n) is 0.935. The van der Waals surface area contributed by atoms with Gasteiger partial charge in [0.2, 0.25) is 0 Å². The number of nitrogen functional groups attached to an aromatic ring is 2. The van der Waals surface area contributed by atoms with Crippen molar-refractivity contribution in [3.63, 3.8) is 0 Å². The summed E-state index contributed by atoms with van der Waals surface area (Å²) in [5, 5.41) is 0. The van der Waals surface area contributed by atoms with Gasteiger partial charge in [0.15, 0.2) is 0 Å². The minimum absolute atomic E-state index is 0.